The summed E-state index contributed by atoms with van der Waals surface area (Å²) in [4.78, 5) is 0. The van der Waals surface area contributed by atoms with E-state index in [2.05, 4.69) is 0 Å². The lowest BCUT2D eigenvalue weighted by atomic mass is 10.1. The van der Waals surface area contributed by atoms with E-state index < -0.39 is 0 Å². The van der Waals surface area contributed by atoms with Crippen LogP contribution in [0.1, 0.15) is 25.8 Å². The maximum Gasteiger partial charge on any atom is 0.163 e. The van der Waals surface area contributed by atoms with Gasteiger partial charge in [-0.05, 0) is 38.3 Å². The molecule has 0 heterocycles. The number of halogens is 1. The Morgan fingerprint density at radius 1 is 1.29 bits per heavy atom. The van der Waals surface area contributed by atoms with Crippen molar-refractivity contribution in [2.24, 2.45) is 0 Å². The van der Waals surface area contributed by atoms with Crippen molar-refractivity contribution in [1.29, 1.82) is 0 Å². The average Bonchev–Trinajstić information content (AvgIpc) is 2.28. The van der Waals surface area contributed by atoms with E-state index in [1.165, 1.54) is 13.2 Å². The van der Waals surface area contributed by atoms with E-state index in [0.717, 1.165) is 0 Å². The summed E-state index contributed by atoms with van der Waals surface area (Å²) < 4.78 is 24.3. The van der Waals surface area contributed by atoms with Gasteiger partial charge in [-0.3, -0.25) is 0 Å². The van der Waals surface area contributed by atoms with Crippen molar-refractivity contribution in [2.75, 3.05) is 13.7 Å². The first kappa shape index (κ1) is 13.8. The largest absolute Gasteiger partial charge is 0.493 e. The van der Waals surface area contributed by atoms with E-state index in [4.69, 9.17) is 14.6 Å². The summed E-state index contributed by atoms with van der Waals surface area (Å²) >= 11 is 0. The van der Waals surface area contributed by atoms with Crippen LogP contribution in [0.4, 0.5) is 4.39 Å². The Morgan fingerprint density at radius 3 is 2.53 bits per heavy atom. The van der Waals surface area contributed by atoms with Crippen molar-refractivity contribution in [3.8, 4) is 11.5 Å². The summed E-state index contributed by atoms with van der Waals surface area (Å²) in [6.45, 7) is 3.85. The normalized spacial score (nSPS) is 10.7. The summed E-state index contributed by atoms with van der Waals surface area (Å²) in [7, 11) is 1.48. The monoisotopic (exact) mass is 242 g/mol. The molecule has 0 bridgehead atoms. The molecule has 0 radical (unpaired) electrons. The minimum Gasteiger partial charge on any atom is -0.493 e. The molecule has 96 valence electrons. The fraction of sp³-hybridized carbons (Fsp3) is 0.538. The summed E-state index contributed by atoms with van der Waals surface area (Å²) in [5.41, 5.74) is 0.538. The highest BCUT2D eigenvalue weighted by Gasteiger charge is 2.12. The molecule has 0 saturated carbocycles. The third-order valence-electron chi connectivity index (χ3n) is 2.30. The van der Waals surface area contributed by atoms with Gasteiger partial charge < -0.3 is 14.6 Å². The van der Waals surface area contributed by atoms with Crippen molar-refractivity contribution < 1.29 is 19.0 Å². The van der Waals surface area contributed by atoms with E-state index in [-0.39, 0.29) is 18.5 Å². The van der Waals surface area contributed by atoms with E-state index in [1.807, 2.05) is 13.8 Å². The molecule has 4 heteroatoms. The number of aryl methyl sites for hydroxylation is 1. The minimum atomic E-state index is -0.327. The molecule has 0 aromatic heterocycles. The van der Waals surface area contributed by atoms with E-state index >= 15 is 0 Å². The second kappa shape index (κ2) is 6.45. The smallest absolute Gasteiger partial charge is 0.163 e. The molecule has 1 rings (SSSR count). The lowest BCUT2D eigenvalue weighted by Gasteiger charge is -2.15. The molecule has 1 aromatic carbocycles. The van der Waals surface area contributed by atoms with Crippen molar-refractivity contribution in [1.82, 2.24) is 0 Å². The zero-order valence-corrected chi connectivity index (χ0v) is 10.5. The average molecular weight is 242 g/mol. The fourth-order valence-electron chi connectivity index (χ4n) is 1.54. The van der Waals surface area contributed by atoms with Gasteiger partial charge in [0, 0.05) is 12.7 Å². The highest BCUT2D eigenvalue weighted by atomic mass is 19.1. The zero-order valence-electron chi connectivity index (χ0n) is 10.5. The topological polar surface area (TPSA) is 38.7 Å². The number of methoxy groups -OCH3 is 1. The Balaban J connectivity index is 2.99. The van der Waals surface area contributed by atoms with Crippen LogP contribution in [-0.4, -0.2) is 24.9 Å². The highest BCUT2D eigenvalue weighted by molar-refractivity contribution is 5.44. The predicted octanol–water partition coefficient (Wildman–Crippen LogP) is 2.55. The first-order valence-corrected chi connectivity index (χ1v) is 5.72. The van der Waals surface area contributed by atoms with Gasteiger partial charge >= 0.3 is 0 Å². The van der Waals surface area contributed by atoms with E-state index in [0.29, 0.717) is 29.9 Å². The van der Waals surface area contributed by atoms with Crippen molar-refractivity contribution >= 4 is 0 Å². The molecule has 0 spiro atoms. The number of hydrogen-bond donors (Lipinski definition) is 1. The molecule has 0 aliphatic rings. The molecule has 17 heavy (non-hydrogen) atoms. The maximum absolute atomic E-state index is 13.7. The number of benzene rings is 1. The molecular weight excluding hydrogens is 223 g/mol. The van der Waals surface area contributed by atoms with Crippen LogP contribution >= 0.6 is 0 Å². The van der Waals surface area contributed by atoms with Crippen LogP contribution in [0.2, 0.25) is 0 Å². The van der Waals surface area contributed by atoms with Crippen LogP contribution < -0.4 is 9.47 Å². The second-order valence-corrected chi connectivity index (χ2v) is 4.09. The van der Waals surface area contributed by atoms with Gasteiger partial charge in [-0.15, -0.1) is 0 Å². The predicted molar refractivity (Wildman–Crippen MR) is 64.1 cm³/mol. The Hall–Kier alpha value is -1.29. The van der Waals surface area contributed by atoms with Gasteiger partial charge in [-0.1, -0.05) is 0 Å². The first-order valence-electron chi connectivity index (χ1n) is 5.72. The highest BCUT2D eigenvalue weighted by Crippen LogP contribution is 2.31. The van der Waals surface area contributed by atoms with Crippen molar-refractivity contribution in [2.45, 2.75) is 32.8 Å². The van der Waals surface area contributed by atoms with E-state index in [9.17, 15) is 4.39 Å². The molecule has 0 saturated heterocycles. The summed E-state index contributed by atoms with van der Waals surface area (Å²) in [6, 6.07) is 2.97. The fourth-order valence-corrected chi connectivity index (χ4v) is 1.54. The molecule has 1 aromatic rings. The first-order chi connectivity index (χ1) is 8.08. The summed E-state index contributed by atoms with van der Waals surface area (Å²) in [6.07, 6.45) is 1.02. The number of rotatable bonds is 6. The molecule has 1 N–H and O–H groups in total. The molecule has 3 nitrogen and oxygen atoms in total. The van der Waals surface area contributed by atoms with Crippen LogP contribution in [0, 0.1) is 5.82 Å². The quantitative estimate of drug-likeness (QED) is 0.833. The van der Waals surface area contributed by atoms with Crippen LogP contribution in [0.5, 0.6) is 11.5 Å². The van der Waals surface area contributed by atoms with Crippen molar-refractivity contribution in [3.63, 3.8) is 0 Å². The Labute approximate surface area is 101 Å². The number of aliphatic hydroxyl groups excluding tert-OH is 1. The van der Waals surface area contributed by atoms with Crippen LogP contribution in [0.15, 0.2) is 12.1 Å². The number of hydrogen-bond acceptors (Lipinski definition) is 3. The molecule has 0 amide bonds. The minimum absolute atomic E-state index is 0.0000491. The molecule has 0 unspecified atom stereocenters. The van der Waals surface area contributed by atoms with Gasteiger partial charge in [0.05, 0.1) is 13.2 Å². The van der Waals surface area contributed by atoms with Gasteiger partial charge in [0.1, 0.15) is 5.82 Å². The van der Waals surface area contributed by atoms with Crippen LogP contribution in [0.25, 0.3) is 0 Å². The van der Waals surface area contributed by atoms with E-state index in [1.54, 1.807) is 6.07 Å². The SMILES string of the molecule is COc1cc(F)c(CCCO)cc1OC(C)C. The lowest BCUT2D eigenvalue weighted by molar-refractivity contribution is 0.229. The van der Waals surface area contributed by atoms with Gasteiger partial charge in [0.2, 0.25) is 0 Å². The van der Waals surface area contributed by atoms with Gasteiger partial charge in [0.15, 0.2) is 11.5 Å². The Morgan fingerprint density at radius 2 is 2.00 bits per heavy atom. The summed E-state index contributed by atoms with van der Waals surface area (Å²) in [5.74, 6) is 0.604. The second-order valence-electron chi connectivity index (χ2n) is 4.09. The molecule has 0 atom stereocenters. The number of ether oxygens (including phenoxy) is 2. The molecule has 0 aliphatic heterocycles. The molecule has 0 aliphatic carbocycles. The van der Waals surface area contributed by atoms with Gasteiger partial charge in [-0.2, -0.15) is 0 Å². The van der Waals surface area contributed by atoms with Gasteiger partial charge in [-0.25, -0.2) is 4.39 Å². The standard InChI is InChI=1S/C13H19FO3/c1-9(2)17-13-7-10(5-4-6-15)11(14)8-12(13)16-3/h7-9,15H,4-6H2,1-3H3. The zero-order chi connectivity index (χ0) is 12.8. The van der Waals surface area contributed by atoms with Crippen LogP contribution in [-0.2, 0) is 6.42 Å². The third kappa shape index (κ3) is 3.89. The lowest BCUT2D eigenvalue weighted by Crippen LogP contribution is -2.08. The third-order valence-corrected chi connectivity index (χ3v) is 2.30. The molecule has 0 fully saturated rings. The van der Waals surface area contributed by atoms with Crippen molar-refractivity contribution in [3.05, 3.63) is 23.5 Å². The molecular formula is C13H19FO3. The van der Waals surface area contributed by atoms with Crippen LogP contribution in [0.3, 0.4) is 0 Å². The summed E-state index contributed by atoms with van der Waals surface area (Å²) in [5, 5.41) is 8.76. The Bertz CT molecular complexity index is 364. The Kier molecular flexibility index (Phi) is 5.22. The van der Waals surface area contributed by atoms with Gasteiger partial charge in [0.25, 0.3) is 0 Å². The number of aliphatic hydroxyl groups is 1. The maximum atomic E-state index is 13.7.